The Balaban J connectivity index is 1.29. The quantitative estimate of drug-likeness (QED) is 0.178. The molecule has 41 heavy (non-hydrogen) atoms. The minimum Gasteiger partial charge on any atom is -0.268 e. The molecule has 198 valence electrons. The van der Waals surface area contributed by atoms with Gasteiger partial charge in [-0.3, -0.25) is 39.4 Å². The van der Waals surface area contributed by atoms with Gasteiger partial charge in [-0.05, 0) is 65.1 Å². The van der Waals surface area contributed by atoms with E-state index >= 15 is 0 Å². The number of nitro groups is 2. The minimum atomic E-state index is -0.808. The van der Waals surface area contributed by atoms with Crippen LogP contribution in [-0.2, 0) is 6.42 Å². The van der Waals surface area contributed by atoms with Gasteiger partial charge in [-0.1, -0.05) is 24.3 Å². The number of imide groups is 2. The van der Waals surface area contributed by atoms with E-state index in [0.29, 0.717) is 17.5 Å². The summed E-state index contributed by atoms with van der Waals surface area (Å²) >= 11 is 0. The number of benzene rings is 4. The molecule has 12 nitrogen and oxygen atoms in total. The van der Waals surface area contributed by atoms with E-state index in [1.807, 2.05) is 0 Å². The molecule has 0 bridgehead atoms. The molecular weight excluding hydrogens is 532 g/mol. The molecule has 0 unspecified atom stereocenters. The lowest BCUT2D eigenvalue weighted by Gasteiger charge is -2.17. The van der Waals surface area contributed by atoms with Crippen molar-refractivity contribution in [2.45, 2.75) is 6.42 Å². The molecule has 0 spiro atoms. The Morgan fingerprint density at radius 3 is 1.34 bits per heavy atom. The molecule has 3 aliphatic rings. The van der Waals surface area contributed by atoms with Gasteiger partial charge in [-0.15, -0.1) is 0 Å². The SMILES string of the molecule is O=C1c2cccc([N+](=O)[O-])c2C(=O)N1c1ccc2c(c1)-c1cc(N3C(=O)c4cccc([N+](=O)[O-])c4C3=O)ccc1C2. The number of anilines is 2. The number of carbonyl (C=O) groups excluding carboxylic acids is 4. The highest BCUT2D eigenvalue weighted by Crippen LogP contribution is 2.43. The van der Waals surface area contributed by atoms with E-state index in [0.717, 1.165) is 20.9 Å². The number of amides is 4. The van der Waals surface area contributed by atoms with E-state index in [4.69, 9.17) is 0 Å². The van der Waals surface area contributed by atoms with Crippen LogP contribution in [0, 0.1) is 20.2 Å². The summed E-state index contributed by atoms with van der Waals surface area (Å²) < 4.78 is 0. The maximum absolute atomic E-state index is 13.2. The number of nitrogens with zero attached hydrogens (tertiary/aromatic N) is 4. The predicted molar refractivity (Wildman–Crippen MR) is 143 cm³/mol. The lowest BCUT2D eigenvalue weighted by atomic mass is 10.0. The van der Waals surface area contributed by atoms with Gasteiger partial charge in [0.2, 0.25) is 0 Å². The molecular formula is C29H14N4O8. The molecule has 0 radical (unpaired) electrons. The summed E-state index contributed by atoms with van der Waals surface area (Å²) in [4.78, 5) is 76.2. The monoisotopic (exact) mass is 546 g/mol. The first kappa shape index (κ1) is 24.0. The van der Waals surface area contributed by atoms with Crippen molar-refractivity contribution in [2.75, 3.05) is 9.80 Å². The number of hydrogen-bond acceptors (Lipinski definition) is 8. The molecule has 0 saturated heterocycles. The summed E-state index contributed by atoms with van der Waals surface area (Å²) in [6.45, 7) is 0. The van der Waals surface area contributed by atoms with E-state index in [1.54, 1.807) is 36.4 Å². The summed E-state index contributed by atoms with van der Waals surface area (Å²) in [6, 6.07) is 17.7. The Labute approximate surface area is 229 Å². The normalized spacial score (nSPS) is 14.7. The van der Waals surface area contributed by atoms with Crippen molar-refractivity contribution in [1.82, 2.24) is 0 Å². The molecule has 4 aromatic carbocycles. The zero-order valence-electron chi connectivity index (χ0n) is 20.7. The second-order valence-electron chi connectivity index (χ2n) is 9.66. The molecule has 7 rings (SSSR count). The summed E-state index contributed by atoms with van der Waals surface area (Å²) in [5, 5.41) is 23.0. The van der Waals surface area contributed by atoms with E-state index in [9.17, 15) is 39.4 Å². The van der Waals surface area contributed by atoms with E-state index < -0.39 is 44.9 Å². The van der Waals surface area contributed by atoms with Gasteiger partial charge >= 0.3 is 0 Å². The molecule has 0 fully saturated rings. The molecule has 1 aliphatic carbocycles. The van der Waals surface area contributed by atoms with Crippen LogP contribution in [0.25, 0.3) is 11.1 Å². The first-order valence-corrected chi connectivity index (χ1v) is 12.3. The fraction of sp³-hybridized carbons (Fsp3) is 0.0345. The summed E-state index contributed by atoms with van der Waals surface area (Å²) in [6.07, 6.45) is 0.506. The molecule has 4 amide bonds. The minimum absolute atomic E-state index is 0.0629. The van der Waals surface area contributed by atoms with Gasteiger partial charge < -0.3 is 0 Å². The first-order valence-electron chi connectivity index (χ1n) is 12.3. The Morgan fingerprint density at radius 2 is 0.951 bits per heavy atom. The first-order chi connectivity index (χ1) is 19.7. The number of fused-ring (bicyclic) bond motifs is 5. The second kappa shape index (κ2) is 8.23. The fourth-order valence-corrected chi connectivity index (χ4v) is 5.73. The Hall–Kier alpha value is -6.04. The van der Waals surface area contributed by atoms with Gasteiger partial charge in [0.05, 0.1) is 32.3 Å². The molecule has 2 aliphatic heterocycles. The highest BCUT2D eigenvalue weighted by atomic mass is 16.6. The van der Waals surface area contributed by atoms with Crippen molar-refractivity contribution in [1.29, 1.82) is 0 Å². The average molecular weight is 546 g/mol. The second-order valence-corrected chi connectivity index (χ2v) is 9.66. The predicted octanol–water partition coefficient (Wildman–Crippen LogP) is 4.68. The lowest BCUT2D eigenvalue weighted by Crippen LogP contribution is -2.29. The third kappa shape index (κ3) is 3.21. The van der Waals surface area contributed by atoms with E-state index in [-0.39, 0.29) is 33.6 Å². The van der Waals surface area contributed by atoms with Crippen molar-refractivity contribution >= 4 is 46.4 Å². The maximum atomic E-state index is 13.2. The Kier molecular flexibility index (Phi) is 4.82. The van der Waals surface area contributed by atoms with Gasteiger partial charge in [0.25, 0.3) is 35.0 Å². The van der Waals surface area contributed by atoms with Gasteiger partial charge in [0.15, 0.2) is 0 Å². The molecule has 0 aromatic heterocycles. The Bertz CT molecular complexity index is 1840. The zero-order valence-corrected chi connectivity index (χ0v) is 20.7. The third-order valence-electron chi connectivity index (χ3n) is 7.55. The Morgan fingerprint density at radius 1 is 0.537 bits per heavy atom. The van der Waals surface area contributed by atoms with Crippen LogP contribution in [-0.4, -0.2) is 33.5 Å². The number of nitro benzene ring substituents is 2. The molecule has 4 aromatic rings. The summed E-state index contributed by atoms with van der Waals surface area (Å²) in [7, 11) is 0. The van der Waals surface area contributed by atoms with Gasteiger partial charge in [-0.25, -0.2) is 9.80 Å². The number of rotatable bonds is 4. The van der Waals surface area contributed by atoms with Crippen LogP contribution in [0.15, 0.2) is 72.8 Å². The smallest absolute Gasteiger partial charge is 0.268 e. The van der Waals surface area contributed by atoms with Crippen molar-refractivity contribution in [2.24, 2.45) is 0 Å². The third-order valence-corrected chi connectivity index (χ3v) is 7.55. The maximum Gasteiger partial charge on any atom is 0.283 e. The highest BCUT2D eigenvalue weighted by Gasteiger charge is 2.43. The standard InChI is InChI=1S/C29H14N4O8/c34-26-18-3-1-5-22(32(38)39)24(18)28(36)30(26)16-9-7-14-11-15-8-10-17(13-21(15)20(14)12-16)31-27(35)19-4-2-6-23(33(40)41)25(19)29(31)37/h1-10,12-13H,11H2. The summed E-state index contributed by atoms with van der Waals surface area (Å²) in [5.41, 5.74) is 1.85. The molecule has 12 heteroatoms. The molecule has 0 saturated carbocycles. The topological polar surface area (TPSA) is 161 Å². The molecule has 2 heterocycles. The number of carbonyl (C=O) groups is 4. The molecule has 0 N–H and O–H groups in total. The van der Waals surface area contributed by atoms with Crippen molar-refractivity contribution in [3.05, 3.63) is 126 Å². The number of hydrogen-bond donors (Lipinski definition) is 0. The van der Waals surface area contributed by atoms with Crippen molar-refractivity contribution in [3.63, 3.8) is 0 Å². The zero-order chi connectivity index (χ0) is 28.7. The average Bonchev–Trinajstić information content (AvgIpc) is 3.54. The van der Waals surface area contributed by atoms with Gasteiger partial charge in [-0.2, -0.15) is 0 Å². The van der Waals surface area contributed by atoms with Gasteiger partial charge in [0, 0.05) is 12.1 Å². The van der Waals surface area contributed by atoms with Crippen LogP contribution in [0.4, 0.5) is 22.7 Å². The van der Waals surface area contributed by atoms with Crippen LogP contribution in [0.2, 0.25) is 0 Å². The van der Waals surface area contributed by atoms with Crippen LogP contribution in [0.3, 0.4) is 0 Å². The largest absolute Gasteiger partial charge is 0.283 e. The summed E-state index contributed by atoms with van der Waals surface area (Å²) in [5.74, 6) is -2.99. The van der Waals surface area contributed by atoms with Crippen molar-refractivity contribution < 1.29 is 29.0 Å². The van der Waals surface area contributed by atoms with Crippen LogP contribution < -0.4 is 9.80 Å². The highest BCUT2D eigenvalue weighted by molar-refractivity contribution is 6.36. The van der Waals surface area contributed by atoms with E-state index in [1.165, 1.54) is 36.4 Å². The molecule has 0 atom stereocenters. The van der Waals surface area contributed by atoms with Gasteiger partial charge in [0.1, 0.15) is 11.1 Å². The van der Waals surface area contributed by atoms with Crippen LogP contribution in [0.1, 0.15) is 52.6 Å². The van der Waals surface area contributed by atoms with Crippen LogP contribution in [0.5, 0.6) is 0 Å². The van der Waals surface area contributed by atoms with Crippen molar-refractivity contribution in [3.8, 4) is 11.1 Å². The lowest BCUT2D eigenvalue weighted by molar-refractivity contribution is -0.385. The van der Waals surface area contributed by atoms with Crippen LogP contribution >= 0.6 is 0 Å². The fourth-order valence-electron chi connectivity index (χ4n) is 5.73. The van der Waals surface area contributed by atoms with E-state index in [2.05, 4.69) is 0 Å².